The Morgan fingerprint density at radius 3 is 1.00 bits per heavy atom. The Bertz CT molecular complexity index is 2390. The standard InChI is InChI=1S/C36H26N8.4N3.2Zn/c1-7-19-37-25(13-1)31(35-41-33(27-15-3-9-21-39-27)29-17-5-11-23-43(29)35)32(26-14-2-8-20-38-26)36-42-34(28-16-4-10-22-40-28)30-18-6-12-24-44(30)36;4*1-3-2;;/h1-24,31-32H;;;;;;/q;4*-1;2*+2/t31-,32+;;;;;;. The van der Waals surface area contributed by atoms with Gasteiger partial charge in [0.15, 0.2) is 0 Å². The molecule has 0 saturated heterocycles. The molecule has 0 spiro atoms. The van der Waals surface area contributed by atoms with E-state index >= 15 is 0 Å². The van der Waals surface area contributed by atoms with Crippen LogP contribution in [0.4, 0.5) is 0 Å². The molecule has 0 amide bonds. The van der Waals surface area contributed by atoms with Crippen molar-refractivity contribution in [2.45, 2.75) is 11.8 Å². The van der Waals surface area contributed by atoms with Gasteiger partial charge >= 0.3 is 39.0 Å². The molecule has 0 aliphatic rings. The van der Waals surface area contributed by atoms with Crippen LogP contribution in [-0.2, 0) is 39.0 Å². The third kappa shape index (κ3) is 11.3. The van der Waals surface area contributed by atoms with E-state index in [0.717, 1.165) is 56.8 Å². The van der Waals surface area contributed by atoms with Crippen molar-refractivity contribution in [1.29, 1.82) is 0 Å². The van der Waals surface area contributed by atoms with E-state index in [2.05, 4.69) is 55.4 Å². The van der Waals surface area contributed by atoms with Crippen LogP contribution >= 0.6 is 0 Å². The zero-order valence-corrected chi connectivity index (χ0v) is 36.3. The van der Waals surface area contributed by atoms with Crippen molar-refractivity contribution in [3.63, 3.8) is 0 Å². The predicted octanol–water partition coefficient (Wildman–Crippen LogP) is 10.3. The minimum absolute atomic E-state index is 0. The Balaban J connectivity index is 0.000000745. The van der Waals surface area contributed by atoms with E-state index in [0.29, 0.717) is 0 Å². The second-order valence-corrected chi connectivity index (χ2v) is 10.8. The molecule has 8 aromatic heterocycles. The Hall–Kier alpha value is -7.53. The van der Waals surface area contributed by atoms with Crippen LogP contribution < -0.4 is 0 Å². The smallest absolute Gasteiger partial charge is 0.373 e. The Labute approximate surface area is 354 Å². The predicted molar refractivity (Wildman–Crippen MR) is 209 cm³/mol. The van der Waals surface area contributed by atoms with Gasteiger partial charge in [0, 0.05) is 37.2 Å². The number of rotatable bonds is 7. The molecule has 8 rings (SSSR count). The summed E-state index contributed by atoms with van der Waals surface area (Å²) in [5.41, 5.74) is 60.9. The zero-order valence-electron chi connectivity index (χ0n) is 30.4. The maximum atomic E-state index is 6.75. The Kier molecular flexibility index (Phi) is 19.9. The van der Waals surface area contributed by atoms with Gasteiger partial charge in [-0.1, -0.05) is 36.4 Å². The van der Waals surface area contributed by atoms with Crippen molar-refractivity contribution in [3.8, 4) is 22.8 Å². The fourth-order valence-corrected chi connectivity index (χ4v) is 5.97. The number of fused-ring (bicyclic) bond motifs is 2. The number of nitrogens with zero attached hydrogens (tertiary/aromatic N) is 20. The van der Waals surface area contributed by atoms with Crippen molar-refractivity contribution >= 4 is 11.0 Å². The second-order valence-electron chi connectivity index (χ2n) is 10.8. The molecule has 0 aliphatic carbocycles. The van der Waals surface area contributed by atoms with Gasteiger partial charge in [-0.25, -0.2) is 9.97 Å². The van der Waals surface area contributed by atoms with Gasteiger partial charge < -0.3 is 53.1 Å². The summed E-state index contributed by atoms with van der Waals surface area (Å²) in [5, 5.41) is 0. The van der Waals surface area contributed by atoms with Gasteiger partial charge in [0.25, 0.3) is 0 Å². The molecule has 0 aliphatic heterocycles. The van der Waals surface area contributed by atoms with Gasteiger partial charge in [-0.3, -0.25) is 39.6 Å². The molecule has 2 atom stereocenters. The van der Waals surface area contributed by atoms with Crippen molar-refractivity contribution in [2.75, 3.05) is 0 Å². The Morgan fingerprint density at radius 2 is 0.707 bits per heavy atom. The maximum Gasteiger partial charge on any atom is 2.00 e. The fraction of sp³-hybridized carbons (Fsp3) is 0.0556. The van der Waals surface area contributed by atoms with E-state index < -0.39 is 0 Å². The second kappa shape index (κ2) is 24.8. The number of aromatic nitrogens is 8. The van der Waals surface area contributed by atoms with Crippen molar-refractivity contribution in [2.24, 2.45) is 0 Å². The summed E-state index contributed by atoms with van der Waals surface area (Å²) in [5.74, 6) is 0.923. The largest absolute Gasteiger partial charge is 2.00 e. The van der Waals surface area contributed by atoms with E-state index in [1.54, 1.807) is 12.4 Å². The van der Waals surface area contributed by atoms with Crippen LogP contribution in [0.3, 0.4) is 0 Å². The van der Waals surface area contributed by atoms with Crippen LogP contribution in [0.1, 0.15) is 34.9 Å². The summed E-state index contributed by atoms with van der Waals surface area (Å²) in [7, 11) is 0. The molecule has 0 bridgehead atoms. The molecule has 8 heterocycles. The van der Waals surface area contributed by atoms with Crippen LogP contribution in [0.15, 0.2) is 146 Å². The Morgan fingerprint density at radius 1 is 0.397 bits per heavy atom. The monoisotopic (exact) mass is 866 g/mol. The summed E-state index contributed by atoms with van der Waals surface area (Å²) in [6.45, 7) is 0. The van der Waals surface area contributed by atoms with Crippen molar-refractivity contribution in [3.05, 3.63) is 233 Å². The van der Waals surface area contributed by atoms with Crippen LogP contribution in [0, 0.1) is 0 Å². The molecule has 58 heavy (non-hydrogen) atoms. The average molecular weight is 870 g/mol. The summed E-state index contributed by atoms with van der Waals surface area (Å²) in [4.78, 5) is 35.8. The number of imidazole rings is 2. The third-order valence-corrected chi connectivity index (χ3v) is 7.87. The van der Waals surface area contributed by atoms with Gasteiger partial charge in [-0.15, -0.1) is 0 Å². The first-order chi connectivity index (χ1) is 27.5. The molecule has 22 heteroatoms. The van der Waals surface area contributed by atoms with Crippen LogP contribution in [-0.4, -0.2) is 38.7 Å². The minimum atomic E-state index is -0.360. The molecule has 0 aromatic carbocycles. The van der Waals surface area contributed by atoms with Crippen molar-refractivity contribution < 1.29 is 39.0 Å². The molecule has 0 unspecified atom stereocenters. The van der Waals surface area contributed by atoms with Crippen LogP contribution in [0.25, 0.3) is 97.7 Å². The number of hydrogen-bond acceptors (Lipinski definition) is 6. The first-order valence-corrected chi connectivity index (χ1v) is 16.1. The molecule has 0 fully saturated rings. The van der Waals surface area contributed by atoms with Gasteiger partial charge in [-0.05, 0) is 72.8 Å². The van der Waals surface area contributed by atoms with Crippen LogP contribution in [0.2, 0.25) is 0 Å². The molecular weight excluding hydrogens is 843 g/mol. The molecule has 20 nitrogen and oxygen atoms in total. The minimum Gasteiger partial charge on any atom is -0.373 e. The van der Waals surface area contributed by atoms with E-state index in [4.69, 9.17) is 64.2 Å². The van der Waals surface area contributed by atoms with Crippen LogP contribution in [0.5, 0.6) is 0 Å². The summed E-state index contributed by atoms with van der Waals surface area (Å²) in [6.07, 6.45) is 11.4. The molecular formula is C36H26N20Zn2. The van der Waals surface area contributed by atoms with E-state index in [9.17, 15) is 0 Å². The third-order valence-electron chi connectivity index (χ3n) is 7.87. The molecule has 8 aromatic rings. The van der Waals surface area contributed by atoms with Gasteiger partial charge in [0.2, 0.25) is 0 Å². The van der Waals surface area contributed by atoms with E-state index in [1.807, 2.05) is 97.3 Å². The SMILES string of the molecule is [N-]=[N+]=[N-].[N-]=[N+]=[N-].[N-]=[N+]=[N-].[N-]=[N+]=[N-].[Zn+2].[Zn+2].c1ccc(-c2nc([C@@H](c3ccccn3)[C@@H](c3ccccn3)c3nc(-c4ccccn4)c4ccccn34)n3ccccc23)nc1. The summed E-state index contributed by atoms with van der Waals surface area (Å²) < 4.78 is 4.30. The van der Waals surface area contributed by atoms with Crippen molar-refractivity contribution in [1.82, 2.24) is 38.7 Å². The average Bonchev–Trinajstić information content (AvgIpc) is 3.82. The molecule has 0 radical (unpaired) electrons. The first kappa shape index (κ1) is 46.6. The van der Waals surface area contributed by atoms with Gasteiger partial charge in [0.1, 0.15) is 23.0 Å². The summed E-state index contributed by atoms with van der Waals surface area (Å²) in [6, 6.07) is 36.1. The van der Waals surface area contributed by atoms with E-state index in [1.165, 1.54) is 19.6 Å². The van der Waals surface area contributed by atoms with Gasteiger partial charge in [-0.2, -0.15) is 0 Å². The zero-order chi connectivity index (χ0) is 40.1. The molecule has 274 valence electrons. The van der Waals surface area contributed by atoms with E-state index in [-0.39, 0.29) is 50.8 Å². The van der Waals surface area contributed by atoms with Gasteiger partial charge in [0.05, 0.1) is 45.6 Å². The molecule has 0 saturated carbocycles. The fourth-order valence-electron chi connectivity index (χ4n) is 5.97. The summed E-state index contributed by atoms with van der Waals surface area (Å²) >= 11 is 0. The number of hydrogen-bond donors (Lipinski definition) is 0. The normalized spacial score (nSPS) is 10.3. The number of pyridine rings is 6. The topological polar surface area (TPSA) is 321 Å². The maximum absolute atomic E-state index is 6.75. The molecule has 0 N–H and O–H groups in total. The first-order valence-electron chi connectivity index (χ1n) is 16.1. The quantitative estimate of drug-likeness (QED) is 0.0648.